The van der Waals surface area contributed by atoms with Gasteiger partial charge in [-0.25, -0.2) is 4.98 Å². The molecular weight excluding hydrogens is 166 g/mol. The van der Waals surface area contributed by atoms with Crippen molar-refractivity contribution in [1.29, 1.82) is 0 Å². The van der Waals surface area contributed by atoms with Gasteiger partial charge in [0.15, 0.2) is 0 Å². The second-order valence-electron chi connectivity index (χ2n) is 3.62. The van der Waals surface area contributed by atoms with E-state index in [0.717, 1.165) is 6.42 Å². The molecule has 1 heterocycles. The number of nitrogens with zero attached hydrogens (tertiary/aromatic N) is 2. The van der Waals surface area contributed by atoms with Gasteiger partial charge >= 0.3 is 0 Å². The maximum Gasteiger partial charge on any atom is 0.240 e. The third-order valence-corrected chi connectivity index (χ3v) is 2.34. The summed E-state index contributed by atoms with van der Waals surface area (Å²) < 4.78 is 1.77. The maximum absolute atomic E-state index is 11.3. The number of imidazole rings is 1. The van der Waals surface area contributed by atoms with Crippen molar-refractivity contribution in [3.05, 3.63) is 18.7 Å². The van der Waals surface area contributed by atoms with E-state index in [1.54, 1.807) is 23.3 Å². The molecule has 4 nitrogen and oxygen atoms in total. The van der Waals surface area contributed by atoms with Gasteiger partial charge < -0.3 is 9.88 Å². The molecule has 4 heteroatoms. The SMILES string of the molecule is CC1CC1NC(=O)Cn1ccnc1. The fraction of sp³-hybridized carbons (Fsp3) is 0.556. The average molecular weight is 179 g/mol. The van der Waals surface area contributed by atoms with Gasteiger partial charge in [-0.3, -0.25) is 4.79 Å². The molecule has 1 amide bonds. The van der Waals surface area contributed by atoms with E-state index in [9.17, 15) is 4.79 Å². The summed E-state index contributed by atoms with van der Waals surface area (Å²) in [7, 11) is 0. The zero-order valence-corrected chi connectivity index (χ0v) is 7.60. The molecule has 1 aromatic rings. The van der Waals surface area contributed by atoms with E-state index in [1.807, 2.05) is 0 Å². The van der Waals surface area contributed by atoms with Crippen LogP contribution in [0.1, 0.15) is 13.3 Å². The lowest BCUT2D eigenvalue weighted by Gasteiger charge is -2.03. The van der Waals surface area contributed by atoms with Gasteiger partial charge in [0.1, 0.15) is 6.54 Å². The molecule has 2 atom stereocenters. The zero-order chi connectivity index (χ0) is 9.26. The van der Waals surface area contributed by atoms with Crippen molar-refractivity contribution in [3.8, 4) is 0 Å². The molecule has 1 aromatic heterocycles. The quantitative estimate of drug-likeness (QED) is 0.730. The topological polar surface area (TPSA) is 46.9 Å². The highest BCUT2D eigenvalue weighted by Crippen LogP contribution is 2.28. The van der Waals surface area contributed by atoms with Gasteiger partial charge in [-0.2, -0.15) is 0 Å². The molecule has 1 aliphatic rings. The summed E-state index contributed by atoms with van der Waals surface area (Å²) in [6.45, 7) is 2.52. The summed E-state index contributed by atoms with van der Waals surface area (Å²) in [5.74, 6) is 0.735. The van der Waals surface area contributed by atoms with Crippen molar-refractivity contribution in [1.82, 2.24) is 14.9 Å². The number of rotatable bonds is 3. The first-order valence-electron chi connectivity index (χ1n) is 4.51. The van der Waals surface area contributed by atoms with Crippen LogP contribution in [0.5, 0.6) is 0 Å². The van der Waals surface area contributed by atoms with E-state index in [4.69, 9.17) is 0 Å². The van der Waals surface area contributed by atoms with E-state index < -0.39 is 0 Å². The van der Waals surface area contributed by atoms with Crippen LogP contribution in [0.25, 0.3) is 0 Å². The Balaban J connectivity index is 1.79. The number of hydrogen-bond donors (Lipinski definition) is 1. The number of aromatic nitrogens is 2. The van der Waals surface area contributed by atoms with Crippen LogP contribution in [0.4, 0.5) is 0 Å². The maximum atomic E-state index is 11.3. The third kappa shape index (κ3) is 2.08. The summed E-state index contributed by atoms with van der Waals surface area (Å²) in [5.41, 5.74) is 0. The predicted molar refractivity (Wildman–Crippen MR) is 47.9 cm³/mol. The van der Waals surface area contributed by atoms with Crippen LogP contribution in [-0.4, -0.2) is 21.5 Å². The molecule has 0 bridgehead atoms. The van der Waals surface area contributed by atoms with Gasteiger partial charge in [0.25, 0.3) is 0 Å². The zero-order valence-electron chi connectivity index (χ0n) is 7.60. The smallest absolute Gasteiger partial charge is 0.240 e. The Hall–Kier alpha value is -1.32. The second kappa shape index (κ2) is 3.20. The number of amides is 1. The first-order chi connectivity index (χ1) is 6.25. The molecule has 0 saturated heterocycles. The molecule has 1 fully saturated rings. The van der Waals surface area contributed by atoms with Crippen LogP contribution in [0.15, 0.2) is 18.7 Å². The summed E-state index contributed by atoms with van der Waals surface area (Å²) in [6.07, 6.45) is 6.23. The van der Waals surface area contributed by atoms with E-state index in [-0.39, 0.29) is 5.91 Å². The first-order valence-corrected chi connectivity index (χ1v) is 4.51. The standard InChI is InChI=1S/C9H13N3O/c1-7-4-8(7)11-9(13)5-12-3-2-10-6-12/h2-3,6-8H,4-5H2,1H3,(H,11,13). The van der Waals surface area contributed by atoms with Crippen molar-refractivity contribution >= 4 is 5.91 Å². The van der Waals surface area contributed by atoms with Crippen molar-refractivity contribution in [3.63, 3.8) is 0 Å². The van der Waals surface area contributed by atoms with Crippen molar-refractivity contribution < 1.29 is 4.79 Å². The fourth-order valence-electron chi connectivity index (χ4n) is 1.32. The molecule has 1 aliphatic carbocycles. The fourth-order valence-corrected chi connectivity index (χ4v) is 1.32. The van der Waals surface area contributed by atoms with Gasteiger partial charge in [0.05, 0.1) is 6.33 Å². The molecule has 0 aliphatic heterocycles. The number of carbonyl (C=O) groups excluding carboxylic acids is 1. The highest BCUT2D eigenvalue weighted by molar-refractivity contribution is 5.76. The van der Waals surface area contributed by atoms with Crippen LogP contribution >= 0.6 is 0 Å². The Labute approximate surface area is 77.0 Å². The van der Waals surface area contributed by atoms with E-state index in [1.165, 1.54) is 0 Å². The van der Waals surface area contributed by atoms with Crippen LogP contribution in [0.3, 0.4) is 0 Å². The summed E-state index contributed by atoms with van der Waals surface area (Å²) >= 11 is 0. The molecule has 2 unspecified atom stereocenters. The normalized spacial score (nSPS) is 25.6. The second-order valence-corrected chi connectivity index (χ2v) is 3.62. The molecule has 2 rings (SSSR count). The third-order valence-electron chi connectivity index (χ3n) is 2.34. The Morgan fingerprint density at radius 2 is 2.54 bits per heavy atom. The molecule has 0 aromatic carbocycles. The predicted octanol–water partition coefficient (Wildman–Crippen LogP) is 0.408. The minimum absolute atomic E-state index is 0.0763. The largest absolute Gasteiger partial charge is 0.352 e. The molecule has 70 valence electrons. The highest BCUT2D eigenvalue weighted by atomic mass is 16.2. The van der Waals surface area contributed by atoms with Crippen LogP contribution < -0.4 is 5.32 Å². The molecule has 1 N–H and O–H groups in total. The van der Waals surface area contributed by atoms with Gasteiger partial charge in [-0.05, 0) is 12.3 Å². The minimum Gasteiger partial charge on any atom is -0.352 e. The lowest BCUT2D eigenvalue weighted by Crippen LogP contribution is -2.29. The lowest BCUT2D eigenvalue weighted by atomic mass is 10.4. The molecule has 0 radical (unpaired) electrons. The monoisotopic (exact) mass is 179 g/mol. The Kier molecular flexibility index (Phi) is 2.04. The molecular formula is C9H13N3O. The molecule has 0 spiro atoms. The van der Waals surface area contributed by atoms with Crippen LogP contribution in [-0.2, 0) is 11.3 Å². The van der Waals surface area contributed by atoms with E-state index in [2.05, 4.69) is 17.2 Å². The summed E-state index contributed by atoms with van der Waals surface area (Å²) in [4.78, 5) is 15.2. The van der Waals surface area contributed by atoms with Gasteiger partial charge in [-0.1, -0.05) is 6.92 Å². The number of nitrogens with one attached hydrogen (secondary N) is 1. The molecule has 13 heavy (non-hydrogen) atoms. The van der Waals surface area contributed by atoms with Crippen LogP contribution in [0.2, 0.25) is 0 Å². The molecule has 1 saturated carbocycles. The lowest BCUT2D eigenvalue weighted by molar-refractivity contribution is -0.121. The van der Waals surface area contributed by atoms with Crippen molar-refractivity contribution in [2.45, 2.75) is 25.9 Å². The van der Waals surface area contributed by atoms with Gasteiger partial charge in [-0.15, -0.1) is 0 Å². The average Bonchev–Trinajstić information content (AvgIpc) is 2.61. The van der Waals surface area contributed by atoms with Gasteiger partial charge in [0, 0.05) is 18.4 Å². The summed E-state index contributed by atoms with van der Waals surface area (Å²) in [6, 6.07) is 0.413. The van der Waals surface area contributed by atoms with Crippen molar-refractivity contribution in [2.75, 3.05) is 0 Å². The van der Waals surface area contributed by atoms with Crippen molar-refractivity contribution in [2.24, 2.45) is 5.92 Å². The Morgan fingerprint density at radius 1 is 1.77 bits per heavy atom. The summed E-state index contributed by atoms with van der Waals surface area (Å²) in [5, 5.41) is 2.95. The number of carbonyl (C=O) groups is 1. The highest BCUT2D eigenvalue weighted by Gasteiger charge is 2.33. The minimum atomic E-state index is 0.0763. The van der Waals surface area contributed by atoms with Gasteiger partial charge in [0.2, 0.25) is 5.91 Å². The van der Waals surface area contributed by atoms with Crippen LogP contribution in [0, 0.1) is 5.92 Å². The number of hydrogen-bond acceptors (Lipinski definition) is 2. The Morgan fingerprint density at radius 3 is 3.08 bits per heavy atom. The van der Waals surface area contributed by atoms with E-state index in [0.29, 0.717) is 18.5 Å². The first kappa shape index (κ1) is 8.29. The Bertz CT molecular complexity index is 294. The van der Waals surface area contributed by atoms with E-state index >= 15 is 0 Å².